The number of imide groups is 1. The van der Waals surface area contributed by atoms with Crippen LogP contribution in [0.5, 0.6) is 0 Å². The first-order chi connectivity index (χ1) is 14.0. The van der Waals surface area contributed by atoms with E-state index in [9.17, 15) is 14.4 Å². The van der Waals surface area contributed by atoms with Crippen LogP contribution in [0.15, 0.2) is 72.3 Å². The van der Waals surface area contributed by atoms with Crippen LogP contribution in [0, 0.1) is 17.8 Å². The van der Waals surface area contributed by atoms with E-state index < -0.39 is 17.9 Å². The molecule has 0 unspecified atom stereocenters. The average Bonchev–Trinajstić information content (AvgIpc) is 3.00. The zero-order valence-corrected chi connectivity index (χ0v) is 16.3. The van der Waals surface area contributed by atoms with Gasteiger partial charge in [0.15, 0.2) is 0 Å². The maximum Gasteiger partial charge on any atom is 0.232 e. The summed E-state index contributed by atoms with van der Waals surface area (Å²) >= 11 is 0. The third-order valence-electron chi connectivity index (χ3n) is 5.81. The van der Waals surface area contributed by atoms with Crippen molar-refractivity contribution in [3.8, 4) is 0 Å². The molecule has 29 heavy (non-hydrogen) atoms. The van der Waals surface area contributed by atoms with Crippen LogP contribution in [-0.2, 0) is 27.2 Å². The maximum atomic E-state index is 12.7. The standard InChI is InChI=1S/C24H24N2O3/c1-15(27)25-22-19(13-17-10-6-3-7-11-17)14-18(12-16-8-4-2-5-9-16)20-21(22)24(29)26-23(20)28/h2-11,14,18,20-22H,12-13H2,1H3,(H,25,27)(H,26,28,29)/t18-,20-,21-,22+/m0/s1. The monoisotopic (exact) mass is 388 g/mol. The second kappa shape index (κ2) is 8.03. The van der Waals surface area contributed by atoms with Gasteiger partial charge < -0.3 is 5.32 Å². The summed E-state index contributed by atoms with van der Waals surface area (Å²) in [6, 6.07) is 19.5. The van der Waals surface area contributed by atoms with Crippen LogP contribution in [0.1, 0.15) is 18.1 Å². The minimum absolute atomic E-state index is 0.0995. The fourth-order valence-corrected chi connectivity index (χ4v) is 4.62. The SMILES string of the molecule is CC(=O)N[C@@H]1C(Cc2ccccc2)=C[C@H](Cc2ccccc2)[C@@H]2C(=O)NC(=O)[C@@H]21. The minimum Gasteiger partial charge on any atom is -0.349 e. The number of amides is 3. The molecule has 0 saturated carbocycles. The molecule has 2 aromatic carbocycles. The van der Waals surface area contributed by atoms with Gasteiger partial charge in [0.1, 0.15) is 0 Å². The number of nitrogens with one attached hydrogen (secondary N) is 2. The van der Waals surface area contributed by atoms with E-state index in [4.69, 9.17) is 0 Å². The van der Waals surface area contributed by atoms with Crippen LogP contribution in [0.3, 0.4) is 0 Å². The first-order valence-corrected chi connectivity index (χ1v) is 9.93. The molecular weight excluding hydrogens is 364 g/mol. The molecule has 1 saturated heterocycles. The van der Waals surface area contributed by atoms with Crippen LogP contribution in [0.2, 0.25) is 0 Å². The molecule has 4 atom stereocenters. The zero-order valence-electron chi connectivity index (χ0n) is 16.3. The van der Waals surface area contributed by atoms with Crippen molar-refractivity contribution in [2.75, 3.05) is 0 Å². The highest BCUT2D eigenvalue weighted by molar-refractivity contribution is 6.06. The van der Waals surface area contributed by atoms with Gasteiger partial charge in [-0.3, -0.25) is 19.7 Å². The minimum atomic E-state index is -0.580. The summed E-state index contributed by atoms with van der Waals surface area (Å²) in [5.74, 6) is -1.90. The van der Waals surface area contributed by atoms with Crippen molar-refractivity contribution in [3.63, 3.8) is 0 Å². The van der Waals surface area contributed by atoms with Gasteiger partial charge in [-0.25, -0.2) is 0 Å². The highest BCUT2D eigenvalue weighted by atomic mass is 16.2. The Kier molecular flexibility index (Phi) is 5.30. The van der Waals surface area contributed by atoms with E-state index in [0.717, 1.165) is 16.7 Å². The highest BCUT2D eigenvalue weighted by Crippen LogP contribution is 2.40. The van der Waals surface area contributed by atoms with Gasteiger partial charge in [-0.2, -0.15) is 0 Å². The van der Waals surface area contributed by atoms with Crippen molar-refractivity contribution < 1.29 is 14.4 Å². The molecule has 1 heterocycles. The van der Waals surface area contributed by atoms with Crippen LogP contribution >= 0.6 is 0 Å². The zero-order chi connectivity index (χ0) is 20.4. The lowest BCUT2D eigenvalue weighted by atomic mass is 9.68. The number of carbonyl (C=O) groups excluding carboxylic acids is 3. The fraction of sp³-hybridized carbons (Fsp3) is 0.292. The molecule has 0 aromatic heterocycles. The van der Waals surface area contributed by atoms with E-state index in [1.807, 2.05) is 60.7 Å². The molecule has 0 bridgehead atoms. The number of rotatable bonds is 5. The summed E-state index contributed by atoms with van der Waals surface area (Å²) in [4.78, 5) is 37.2. The van der Waals surface area contributed by atoms with Gasteiger partial charge in [0, 0.05) is 6.92 Å². The molecule has 0 spiro atoms. The normalized spacial score (nSPS) is 25.8. The van der Waals surface area contributed by atoms with E-state index in [0.29, 0.717) is 12.8 Å². The molecule has 0 radical (unpaired) electrons. The van der Waals surface area contributed by atoms with Crippen molar-refractivity contribution in [1.82, 2.24) is 10.6 Å². The molecule has 5 heteroatoms. The predicted octanol–water partition coefficient (Wildman–Crippen LogP) is 2.42. The Morgan fingerprint density at radius 3 is 2.10 bits per heavy atom. The summed E-state index contributed by atoms with van der Waals surface area (Å²) in [6.45, 7) is 1.44. The summed E-state index contributed by atoms with van der Waals surface area (Å²) in [5, 5.41) is 5.44. The molecule has 3 amide bonds. The van der Waals surface area contributed by atoms with Gasteiger partial charge in [0.05, 0.1) is 17.9 Å². The molecule has 1 aliphatic carbocycles. The van der Waals surface area contributed by atoms with Gasteiger partial charge in [-0.15, -0.1) is 0 Å². The van der Waals surface area contributed by atoms with E-state index in [1.54, 1.807) is 0 Å². The largest absolute Gasteiger partial charge is 0.349 e. The molecule has 5 nitrogen and oxygen atoms in total. The van der Waals surface area contributed by atoms with Crippen LogP contribution in [0.4, 0.5) is 0 Å². The van der Waals surface area contributed by atoms with Crippen LogP contribution < -0.4 is 10.6 Å². The Labute approximate surface area is 170 Å². The topological polar surface area (TPSA) is 75.3 Å². The van der Waals surface area contributed by atoms with Crippen molar-refractivity contribution >= 4 is 17.7 Å². The molecule has 148 valence electrons. The van der Waals surface area contributed by atoms with Gasteiger partial charge >= 0.3 is 0 Å². The quantitative estimate of drug-likeness (QED) is 0.610. The van der Waals surface area contributed by atoms with Crippen molar-refractivity contribution in [2.24, 2.45) is 17.8 Å². The van der Waals surface area contributed by atoms with E-state index in [-0.39, 0.29) is 23.6 Å². The fourth-order valence-electron chi connectivity index (χ4n) is 4.62. The molecule has 2 N–H and O–H groups in total. The van der Waals surface area contributed by atoms with Crippen LogP contribution in [0.25, 0.3) is 0 Å². The van der Waals surface area contributed by atoms with E-state index in [2.05, 4.69) is 16.7 Å². The Morgan fingerprint density at radius 2 is 1.48 bits per heavy atom. The Bertz CT molecular complexity index is 953. The second-order valence-electron chi connectivity index (χ2n) is 7.84. The van der Waals surface area contributed by atoms with Gasteiger partial charge in [-0.1, -0.05) is 66.7 Å². The van der Waals surface area contributed by atoms with Gasteiger partial charge in [-0.05, 0) is 35.5 Å². The number of carbonyl (C=O) groups is 3. The third kappa shape index (κ3) is 3.99. The molecule has 4 rings (SSSR count). The first-order valence-electron chi connectivity index (χ1n) is 9.93. The van der Waals surface area contributed by atoms with Gasteiger partial charge in [0.2, 0.25) is 17.7 Å². The molecule has 1 aliphatic heterocycles. The van der Waals surface area contributed by atoms with Gasteiger partial charge in [0.25, 0.3) is 0 Å². The van der Waals surface area contributed by atoms with E-state index in [1.165, 1.54) is 6.92 Å². The Hall–Kier alpha value is -3.21. The lowest BCUT2D eigenvalue weighted by Crippen LogP contribution is -2.49. The lowest BCUT2D eigenvalue weighted by molar-refractivity contribution is -0.126. The number of hydrogen-bond donors (Lipinski definition) is 2. The average molecular weight is 388 g/mol. The Balaban J connectivity index is 1.74. The number of benzene rings is 2. The van der Waals surface area contributed by atoms with Crippen molar-refractivity contribution in [1.29, 1.82) is 0 Å². The lowest BCUT2D eigenvalue weighted by Gasteiger charge is -2.37. The molecule has 2 aliphatic rings. The second-order valence-corrected chi connectivity index (χ2v) is 7.84. The highest BCUT2D eigenvalue weighted by Gasteiger charge is 2.52. The predicted molar refractivity (Wildman–Crippen MR) is 110 cm³/mol. The molecule has 2 aromatic rings. The van der Waals surface area contributed by atoms with Crippen LogP contribution in [-0.4, -0.2) is 23.8 Å². The van der Waals surface area contributed by atoms with Crippen molar-refractivity contribution in [3.05, 3.63) is 83.4 Å². The first kappa shape index (κ1) is 19.1. The third-order valence-corrected chi connectivity index (χ3v) is 5.81. The summed E-state index contributed by atoms with van der Waals surface area (Å²) in [7, 11) is 0. The smallest absolute Gasteiger partial charge is 0.232 e. The van der Waals surface area contributed by atoms with Crippen molar-refractivity contribution in [2.45, 2.75) is 25.8 Å². The number of allylic oxidation sites excluding steroid dienone is 1. The Morgan fingerprint density at radius 1 is 0.897 bits per heavy atom. The maximum absolute atomic E-state index is 12.7. The number of hydrogen-bond acceptors (Lipinski definition) is 3. The summed E-state index contributed by atoms with van der Waals surface area (Å²) < 4.78 is 0. The van der Waals surface area contributed by atoms with E-state index >= 15 is 0 Å². The molecular formula is C24H24N2O3. The number of fused-ring (bicyclic) bond motifs is 1. The summed E-state index contributed by atoms with van der Waals surface area (Å²) in [6.07, 6.45) is 3.41. The summed E-state index contributed by atoms with van der Waals surface area (Å²) in [5.41, 5.74) is 3.21. The molecule has 1 fully saturated rings.